The van der Waals surface area contributed by atoms with Crippen LogP contribution in [-0.2, 0) is 4.74 Å². The van der Waals surface area contributed by atoms with E-state index < -0.39 is 0 Å². The van der Waals surface area contributed by atoms with Gasteiger partial charge in [0.05, 0.1) is 6.61 Å². The molecule has 2 fully saturated rings. The Kier molecular flexibility index (Phi) is 6.22. The van der Waals surface area contributed by atoms with Crippen LogP contribution in [0, 0.1) is 0 Å². The molecule has 0 aromatic rings. The second-order valence-corrected chi connectivity index (χ2v) is 4.22. The number of nitrogens with zero attached hydrogens (tertiary/aromatic N) is 1. The van der Waals surface area contributed by atoms with Crippen LogP contribution in [0.3, 0.4) is 0 Å². The first-order chi connectivity index (χ1) is 7.36. The molecule has 3 heteroatoms. The van der Waals surface area contributed by atoms with E-state index in [9.17, 15) is 0 Å². The predicted octanol–water partition coefficient (Wildman–Crippen LogP) is 1.49. The van der Waals surface area contributed by atoms with Crippen LogP contribution in [0.15, 0.2) is 0 Å². The van der Waals surface area contributed by atoms with Crippen molar-refractivity contribution >= 4 is 0 Å². The molecule has 1 N–H and O–H groups in total. The molecule has 0 aromatic carbocycles. The molecule has 0 spiro atoms. The summed E-state index contributed by atoms with van der Waals surface area (Å²) in [6.45, 7) is 11.8. The summed E-state index contributed by atoms with van der Waals surface area (Å²) in [5, 5.41) is 3.52. The third-order valence-corrected chi connectivity index (χ3v) is 3.05. The van der Waals surface area contributed by atoms with Crippen molar-refractivity contribution in [2.24, 2.45) is 0 Å². The molecule has 2 rings (SSSR count). The van der Waals surface area contributed by atoms with Crippen LogP contribution in [0.4, 0.5) is 0 Å². The van der Waals surface area contributed by atoms with E-state index in [0.29, 0.717) is 12.1 Å². The topological polar surface area (TPSA) is 24.5 Å². The number of rotatable bonds is 1. The Labute approximate surface area is 94.2 Å². The SMILES string of the molecule is CC.C[C@H]1CN(C2CCOC2)CCCN1. The predicted molar refractivity (Wildman–Crippen MR) is 64.2 cm³/mol. The molecule has 0 bridgehead atoms. The van der Waals surface area contributed by atoms with Gasteiger partial charge < -0.3 is 10.1 Å². The van der Waals surface area contributed by atoms with Gasteiger partial charge in [0.25, 0.3) is 0 Å². The highest BCUT2D eigenvalue weighted by atomic mass is 16.5. The van der Waals surface area contributed by atoms with E-state index in [1.54, 1.807) is 0 Å². The van der Waals surface area contributed by atoms with E-state index in [4.69, 9.17) is 4.74 Å². The van der Waals surface area contributed by atoms with Gasteiger partial charge in [-0.2, -0.15) is 0 Å². The van der Waals surface area contributed by atoms with Gasteiger partial charge >= 0.3 is 0 Å². The summed E-state index contributed by atoms with van der Waals surface area (Å²) in [4.78, 5) is 2.59. The summed E-state index contributed by atoms with van der Waals surface area (Å²) in [5.74, 6) is 0. The highest BCUT2D eigenvalue weighted by Gasteiger charge is 2.25. The summed E-state index contributed by atoms with van der Waals surface area (Å²) >= 11 is 0. The fourth-order valence-electron chi connectivity index (χ4n) is 2.28. The highest BCUT2D eigenvalue weighted by Crippen LogP contribution is 2.14. The van der Waals surface area contributed by atoms with E-state index in [-0.39, 0.29) is 0 Å². The van der Waals surface area contributed by atoms with E-state index >= 15 is 0 Å². The van der Waals surface area contributed by atoms with E-state index in [1.807, 2.05) is 13.8 Å². The molecular formula is C12H26N2O. The van der Waals surface area contributed by atoms with Crippen molar-refractivity contribution in [3.63, 3.8) is 0 Å². The maximum Gasteiger partial charge on any atom is 0.0622 e. The van der Waals surface area contributed by atoms with Crippen LogP contribution >= 0.6 is 0 Å². The average molecular weight is 214 g/mol. The molecule has 15 heavy (non-hydrogen) atoms. The Morgan fingerprint density at radius 2 is 2.13 bits per heavy atom. The fourth-order valence-corrected chi connectivity index (χ4v) is 2.28. The van der Waals surface area contributed by atoms with Crippen molar-refractivity contribution < 1.29 is 4.74 Å². The van der Waals surface area contributed by atoms with Crippen LogP contribution in [0.2, 0.25) is 0 Å². The van der Waals surface area contributed by atoms with Crippen molar-refractivity contribution in [2.75, 3.05) is 32.8 Å². The highest BCUT2D eigenvalue weighted by molar-refractivity contribution is 4.81. The zero-order chi connectivity index (χ0) is 11.1. The molecule has 2 aliphatic heterocycles. The fraction of sp³-hybridized carbons (Fsp3) is 1.00. The minimum Gasteiger partial charge on any atom is -0.380 e. The molecule has 3 nitrogen and oxygen atoms in total. The van der Waals surface area contributed by atoms with Gasteiger partial charge in [-0.05, 0) is 32.9 Å². The molecule has 0 aliphatic carbocycles. The third-order valence-electron chi connectivity index (χ3n) is 3.05. The van der Waals surface area contributed by atoms with Crippen molar-refractivity contribution in [1.29, 1.82) is 0 Å². The molecule has 0 radical (unpaired) electrons. The molecule has 2 atom stereocenters. The molecule has 2 heterocycles. The molecule has 1 unspecified atom stereocenters. The Morgan fingerprint density at radius 1 is 1.33 bits per heavy atom. The minimum absolute atomic E-state index is 0.642. The zero-order valence-corrected chi connectivity index (χ0v) is 10.5. The second kappa shape index (κ2) is 7.20. The van der Waals surface area contributed by atoms with Gasteiger partial charge in [0.1, 0.15) is 0 Å². The third kappa shape index (κ3) is 4.09. The van der Waals surface area contributed by atoms with Crippen molar-refractivity contribution in [2.45, 2.75) is 45.7 Å². The first kappa shape index (κ1) is 12.9. The lowest BCUT2D eigenvalue weighted by atomic mass is 10.2. The standard InChI is InChI=1S/C10H20N2O.C2H6/c1-9-7-12(5-2-4-11-9)10-3-6-13-8-10;1-2/h9-11H,2-8H2,1H3;1-2H3/t9-,10?;/m0./s1. The zero-order valence-electron chi connectivity index (χ0n) is 10.5. The molecule has 90 valence electrons. The van der Waals surface area contributed by atoms with E-state index in [1.165, 1.54) is 32.5 Å². The molecule has 2 aliphatic rings. The number of hydrogen-bond acceptors (Lipinski definition) is 3. The largest absolute Gasteiger partial charge is 0.380 e. The second-order valence-electron chi connectivity index (χ2n) is 4.22. The van der Waals surface area contributed by atoms with Gasteiger partial charge in [-0.15, -0.1) is 0 Å². The summed E-state index contributed by atoms with van der Waals surface area (Å²) in [6, 6.07) is 1.34. The quantitative estimate of drug-likeness (QED) is 0.715. The number of hydrogen-bond donors (Lipinski definition) is 1. The molecule has 2 saturated heterocycles. The van der Waals surface area contributed by atoms with Crippen LogP contribution in [-0.4, -0.2) is 49.8 Å². The van der Waals surface area contributed by atoms with Crippen LogP contribution in [0.1, 0.15) is 33.6 Å². The smallest absolute Gasteiger partial charge is 0.0622 e. The monoisotopic (exact) mass is 214 g/mol. The van der Waals surface area contributed by atoms with Gasteiger partial charge in [0, 0.05) is 25.2 Å². The minimum atomic E-state index is 0.642. The van der Waals surface area contributed by atoms with E-state index in [2.05, 4.69) is 17.1 Å². The Morgan fingerprint density at radius 3 is 2.80 bits per heavy atom. The molecule has 0 aromatic heterocycles. The van der Waals surface area contributed by atoms with Gasteiger partial charge in [-0.1, -0.05) is 13.8 Å². The Bertz CT molecular complexity index is 158. The lowest BCUT2D eigenvalue weighted by Gasteiger charge is -2.27. The van der Waals surface area contributed by atoms with Gasteiger partial charge in [0.2, 0.25) is 0 Å². The van der Waals surface area contributed by atoms with Gasteiger partial charge in [-0.3, -0.25) is 4.90 Å². The summed E-state index contributed by atoms with van der Waals surface area (Å²) < 4.78 is 5.42. The summed E-state index contributed by atoms with van der Waals surface area (Å²) in [7, 11) is 0. The summed E-state index contributed by atoms with van der Waals surface area (Å²) in [5.41, 5.74) is 0. The first-order valence-electron chi connectivity index (χ1n) is 6.41. The van der Waals surface area contributed by atoms with Crippen LogP contribution < -0.4 is 5.32 Å². The van der Waals surface area contributed by atoms with Crippen molar-refractivity contribution in [1.82, 2.24) is 10.2 Å². The Balaban J connectivity index is 0.000000531. The van der Waals surface area contributed by atoms with E-state index in [0.717, 1.165) is 13.2 Å². The maximum atomic E-state index is 5.42. The van der Waals surface area contributed by atoms with Crippen molar-refractivity contribution in [3.05, 3.63) is 0 Å². The Hall–Kier alpha value is -0.120. The van der Waals surface area contributed by atoms with Crippen LogP contribution in [0.5, 0.6) is 0 Å². The molecule has 0 amide bonds. The van der Waals surface area contributed by atoms with Crippen LogP contribution in [0.25, 0.3) is 0 Å². The summed E-state index contributed by atoms with van der Waals surface area (Å²) in [6.07, 6.45) is 2.51. The van der Waals surface area contributed by atoms with Gasteiger partial charge in [0.15, 0.2) is 0 Å². The lowest BCUT2D eigenvalue weighted by molar-refractivity contribution is 0.143. The number of ether oxygens (including phenoxy) is 1. The average Bonchev–Trinajstić information content (AvgIpc) is 2.71. The lowest BCUT2D eigenvalue weighted by Crippen LogP contribution is -2.41. The van der Waals surface area contributed by atoms with Crippen molar-refractivity contribution in [3.8, 4) is 0 Å². The first-order valence-corrected chi connectivity index (χ1v) is 6.41. The normalized spacial score (nSPS) is 33.0. The van der Waals surface area contributed by atoms with Gasteiger partial charge in [-0.25, -0.2) is 0 Å². The molecular weight excluding hydrogens is 188 g/mol. The number of nitrogens with one attached hydrogen (secondary N) is 1. The maximum absolute atomic E-state index is 5.42. The molecule has 0 saturated carbocycles.